The van der Waals surface area contributed by atoms with Crippen molar-refractivity contribution in [3.8, 4) is 0 Å². The van der Waals surface area contributed by atoms with Gasteiger partial charge in [0, 0.05) is 17.1 Å². The Kier molecular flexibility index (Phi) is 4.84. The Morgan fingerprint density at radius 2 is 1.52 bits per heavy atom. The molecule has 2 aromatic carbocycles. The third-order valence-electron chi connectivity index (χ3n) is 3.49. The van der Waals surface area contributed by atoms with E-state index in [9.17, 15) is 0 Å². The molecule has 0 fully saturated rings. The minimum absolute atomic E-state index is 0.0650. The maximum Gasteiger partial charge on any atom is 0.0532 e. The Morgan fingerprint density at radius 3 is 2.05 bits per heavy atom. The Balaban J connectivity index is 2.07. The lowest BCUT2D eigenvalue weighted by Gasteiger charge is -2.21. The molecule has 4 N–H and O–H groups in total. The van der Waals surface area contributed by atoms with Gasteiger partial charge in [-0.2, -0.15) is 0 Å². The van der Waals surface area contributed by atoms with E-state index in [1.807, 2.05) is 6.07 Å². The van der Waals surface area contributed by atoms with E-state index in [-0.39, 0.29) is 5.41 Å². The van der Waals surface area contributed by atoms with Crippen LogP contribution in [-0.4, -0.2) is 5.75 Å². The minimum atomic E-state index is 0.0650. The minimum Gasteiger partial charge on any atom is -0.398 e. The highest BCUT2D eigenvalue weighted by atomic mass is 32.2. The van der Waals surface area contributed by atoms with Gasteiger partial charge < -0.3 is 11.5 Å². The van der Waals surface area contributed by atoms with E-state index in [2.05, 4.69) is 57.2 Å². The van der Waals surface area contributed by atoms with Crippen molar-refractivity contribution in [1.82, 2.24) is 0 Å². The second-order valence-corrected chi connectivity index (χ2v) is 7.42. The van der Waals surface area contributed by atoms with Crippen molar-refractivity contribution in [2.24, 2.45) is 0 Å². The first kappa shape index (κ1) is 15.8. The van der Waals surface area contributed by atoms with Gasteiger partial charge in [-0.15, -0.1) is 11.8 Å². The predicted octanol–water partition coefficient (Wildman–Crippen LogP) is 4.48. The number of nitrogen functional groups attached to an aromatic ring is 2. The molecule has 0 amide bonds. The zero-order chi connectivity index (χ0) is 15.5. The molecule has 0 spiro atoms. The summed E-state index contributed by atoms with van der Waals surface area (Å²) in [5.41, 5.74) is 16.6. The first-order valence-corrected chi connectivity index (χ1v) is 8.22. The average molecular weight is 300 g/mol. The van der Waals surface area contributed by atoms with Crippen molar-refractivity contribution in [3.63, 3.8) is 0 Å². The summed E-state index contributed by atoms with van der Waals surface area (Å²) in [5, 5.41) is 0. The lowest BCUT2D eigenvalue weighted by molar-refractivity contribution is 0.590. The molecule has 0 aliphatic heterocycles. The van der Waals surface area contributed by atoms with Gasteiger partial charge >= 0.3 is 0 Å². The number of thioether (sulfide) groups is 1. The van der Waals surface area contributed by atoms with E-state index in [0.717, 1.165) is 28.4 Å². The van der Waals surface area contributed by atoms with E-state index in [0.29, 0.717) is 0 Å². The van der Waals surface area contributed by atoms with Crippen LogP contribution in [0.25, 0.3) is 0 Å². The van der Waals surface area contributed by atoms with Crippen LogP contribution in [-0.2, 0) is 11.8 Å². The second kappa shape index (κ2) is 6.44. The largest absolute Gasteiger partial charge is 0.398 e. The van der Waals surface area contributed by atoms with Crippen molar-refractivity contribution in [1.29, 1.82) is 0 Å². The SMILES string of the molecule is CC(C)(C)c1cc(N)c(SCCc2ccccc2)c(N)c1. The highest BCUT2D eigenvalue weighted by Gasteiger charge is 2.17. The fraction of sp³-hybridized carbons (Fsp3) is 0.333. The Hall–Kier alpha value is -1.61. The maximum absolute atomic E-state index is 6.20. The van der Waals surface area contributed by atoms with Crippen LogP contribution in [0, 0.1) is 0 Å². The van der Waals surface area contributed by atoms with Gasteiger partial charge in [-0.05, 0) is 35.1 Å². The van der Waals surface area contributed by atoms with Gasteiger partial charge in [0.25, 0.3) is 0 Å². The van der Waals surface area contributed by atoms with Gasteiger partial charge in [-0.1, -0.05) is 51.1 Å². The first-order valence-electron chi connectivity index (χ1n) is 7.24. The fourth-order valence-corrected chi connectivity index (χ4v) is 3.18. The maximum atomic E-state index is 6.20. The van der Waals surface area contributed by atoms with Crippen LogP contribution in [0.3, 0.4) is 0 Å². The smallest absolute Gasteiger partial charge is 0.0532 e. The van der Waals surface area contributed by atoms with Crippen LogP contribution < -0.4 is 11.5 Å². The zero-order valence-electron chi connectivity index (χ0n) is 13.0. The lowest BCUT2D eigenvalue weighted by Crippen LogP contribution is -2.12. The summed E-state index contributed by atoms with van der Waals surface area (Å²) in [6.07, 6.45) is 1.02. The van der Waals surface area contributed by atoms with Crippen LogP contribution in [0.1, 0.15) is 31.9 Å². The first-order chi connectivity index (χ1) is 9.88. The number of aryl methyl sites for hydroxylation is 1. The van der Waals surface area contributed by atoms with Crippen LogP contribution in [0.5, 0.6) is 0 Å². The summed E-state index contributed by atoms with van der Waals surface area (Å²) in [6.45, 7) is 6.51. The number of rotatable bonds is 4. The number of hydrogen-bond acceptors (Lipinski definition) is 3. The molecule has 112 valence electrons. The average Bonchev–Trinajstić information content (AvgIpc) is 2.42. The molecule has 0 atom stereocenters. The molecule has 2 rings (SSSR count). The van der Waals surface area contributed by atoms with Gasteiger partial charge in [0.2, 0.25) is 0 Å². The molecular formula is C18H24N2S. The summed E-state index contributed by atoms with van der Waals surface area (Å²) >= 11 is 1.74. The molecule has 2 nitrogen and oxygen atoms in total. The van der Waals surface area contributed by atoms with Crippen LogP contribution in [0.4, 0.5) is 11.4 Å². The van der Waals surface area contributed by atoms with Crippen molar-refractivity contribution in [3.05, 3.63) is 53.6 Å². The molecule has 0 aliphatic carbocycles. The second-order valence-electron chi connectivity index (χ2n) is 6.32. The molecule has 2 aromatic rings. The Morgan fingerprint density at radius 1 is 0.952 bits per heavy atom. The third-order valence-corrected chi connectivity index (χ3v) is 4.66. The normalized spacial score (nSPS) is 11.6. The van der Waals surface area contributed by atoms with Gasteiger partial charge in [0.15, 0.2) is 0 Å². The third kappa shape index (κ3) is 4.18. The quantitative estimate of drug-likeness (QED) is 0.646. The topological polar surface area (TPSA) is 52.0 Å². The lowest BCUT2D eigenvalue weighted by atomic mass is 9.86. The van der Waals surface area contributed by atoms with Gasteiger partial charge in [0.1, 0.15) is 0 Å². The summed E-state index contributed by atoms with van der Waals surface area (Å²) in [4.78, 5) is 1.01. The Labute approximate surface area is 131 Å². The highest BCUT2D eigenvalue weighted by molar-refractivity contribution is 7.99. The number of benzene rings is 2. The molecule has 0 saturated carbocycles. The van der Waals surface area contributed by atoms with Crippen molar-refractivity contribution in [2.45, 2.75) is 37.5 Å². The van der Waals surface area contributed by atoms with Crippen molar-refractivity contribution < 1.29 is 0 Å². The van der Waals surface area contributed by atoms with Gasteiger partial charge in [0.05, 0.1) is 4.90 Å². The molecule has 0 aliphatic rings. The van der Waals surface area contributed by atoms with Crippen LogP contribution >= 0.6 is 11.8 Å². The van der Waals surface area contributed by atoms with Gasteiger partial charge in [-0.25, -0.2) is 0 Å². The molecule has 0 aromatic heterocycles. The number of nitrogens with two attached hydrogens (primary N) is 2. The van der Waals surface area contributed by atoms with Crippen molar-refractivity contribution >= 4 is 23.1 Å². The van der Waals surface area contributed by atoms with Gasteiger partial charge in [-0.3, -0.25) is 0 Å². The van der Waals surface area contributed by atoms with E-state index in [4.69, 9.17) is 11.5 Å². The standard InChI is InChI=1S/C18H24N2S/c1-18(2,3)14-11-15(19)17(16(20)12-14)21-10-9-13-7-5-4-6-8-13/h4-8,11-12H,9-10,19-20H2,1-3H3. The number of anilines is 2. The molecule has 3 heteroatoms. The van der Waals surface area contributed by atoms with E-state index >= 15 is 0 Å². The summed E-state index contributed by atoms with van der Waals surface area (Å²) in [5.74, 6) is 0.979. The molecule has 0 saturated heterocycles. The molecular weight excluding hydrogens is 276 g/mol. The number of hydrogen-bond donors (Lipinski definition) is 2. The highest BCUT2D eigenvalue weighted by Crippen LogP contribution is 2.36. The molecule has 0 unspecified atom stereocenters. The van der Waals surface area contributed by atoms with E-state index < -0.39 is 0 Å². The van der Waals surface area contributed by atoms with E-state index in [1.54, 1.807) is 11.8 Å². The van der Waals surface area contributed by atoms with Crippen LogP contribution in [0.15, 0.2) is 47.4 Å². The van der Waals surface area contributed by atoms with E-state index in [1.165, 1.54) is 11.1 Å². The Bertz CT molecular complexity index is 577. The summed E-state index contributed by atoms with van der Waals surface area (Å²) < 4.78 is 0. The summed E-state index contributed by atoms with van der Waals surface area (Å²) in [7, 11) is 0. The molecule has 0 bridgehead atoms. The fourth-order valence-electron chi connectivity index (χ4n) is 2.19. The molecule has 0 heterocycles. The molecule has 0 radical (unpaired) electrons. The molecule has 21 heavy (non-hydrogen) atoms. The van der Waals surface area contributed by atoms with Crippen LogP contribution in [0.2, 0.25) is 0 Å². The monoisotopic (exact) mass is 300 g/mol. The summed E-state index contributed by atoms with van der Waals surface area (Å²) in [6, 6.07) is 14.6. The zero-order valence-corrected chi connectivity index (χ0v) is 13.8. The van der Waals surface area contributed by atoms with Crippen molar-refractivity contribution in [2.75, 3.05) is 17.2 Å². The predicted molar refractivity (Wildman–Crippen MR) is 94.8 cm³/mol.